The van der Waals surface area contributed by atoms with E-state index in [9.17, 15) is 4.79 Å². The Labute approximate surface area is 114 Å². The zero-order chi connectivity index (χ0) is 12.8. The van der Waals surface area contributed by atoms with E-state index in [0.29, 0.717) is 23.6 Å². The summed E-state index contributed by atoms with van der Waals surface area (Å²) in [5, 5.41) is 2.93. The Bertz CT molecular complexity index is 408. The van der Waals surface area contributed by atoms with Crippen molar-refractivity contribution >= 4 is 21.8 Å². The molecule has 1 fully saturated rings. The number of aromatic nitrogens is 1. The van der Waals surface area contributed by atoms with Gasteiger partial charge in [0.2, 0.25) is 0 Å². The minimum atomic E-state index is -0.113. The quantitative estimate of drug-likeness (QED) is 0.856. The van der Waals surface area contributed by atoms with Crippen LogP contribution in [0.3, 0.4) is 0 Å². The molecule has 0 atom stereocenters. The molecular formula is C12H15BrN2O3. The van der Waals surface area contributed by atoms with Gasteiger partial charge < -0.3 is 14.8 Å². The highest BCUT2D eigenvalue weighted by molar-refractivity contribution is 9.10. The molecule has 5 nitrogen and oxygen atoms in total. The van der Waals surface area contributed by atoms with Gasteiger partial charge in [-0.1, -0.05) is 0 Å². The molecule has 98 valence electrons. The van der Waals surface area contributed by atoms with Crippen LogP contribution >= 0.6 is 15.9 Å². The molecule has 1 aliphatic rings. The molecule has 1 saturated heterocycles. The van der Waals surface area contributed by atoms with Gasteiger partial charge in [-0.2, -0.15) is 0 Å². The number of nitrogens with one attached hydrogen (secondary N) is 1. The molecule has 0 bridgehead atoms. The summed E-state index contributed by atoms with van der Waals surface area (Å²) in [4.78, 5) is 15.7. The first-order valence-corrected chi connectivity index (χ1v) is 6.65. The number of amides is 1. The minimum absolute atomic E-state index is 0.00164. The number of pyridine rings is 1. The molecule has 0 aromatic carbocycles. The van der Waals surface area contributed by atoms with Crippen molar-refractivity contribution in [3.8, 4) is 5.75 Å². The van der Waals surface area contributed by atoms with E-state index < -0.39 is 0 Å². The third-order valence-corrected chi connectivity index (χ3v) is 3.27. The van der Waals surface area contributed by atoms with E-state index in [0.717, 1.165) is 12.8 Å². The molecule has 18 heavy (non-hydrogen) atoms. The molecule has 6 heteroatoms. The first-order chi connectivity index (χ1) is 8.75. The van der Waals surface area contributed by atoms with Crippen LogP contribution in [0.4, 0.5) is 0 Å². The summed E-state index contributed by atoms with van der Waals surface area (Å²) < 4.78 is 11.2. The number of carbonyl (C=O) groups is 1. The number of carbonyl (C=O) groups excluding carboxylic acids is 1. The monoisotopic (exact) mass is 314 g/mol. The van der Waals surface area contributed by atoms with Gasteiger partial charge in [-0.05, 0) is 40.9 Å². The van der Waals surface area contributed by atoms with Crippen molar-refractivity contribution in [2.24, 2.45) is 0 Å². The van der Waals surface area contributed by atoms with Crippen LogP contribution in [-0.2, 0) is 9.53 Å². The van der Waals surface area contributed by atoms with E-state index >= 15 is 0 Å². The fourth-order valence-corrected chi connectivity index (χ4v) is 2.10. The number of halogens is 1. The van der Waals surface area contributed by atoms with Gasteiger partial charge in [-0.3, -0.25) is 4.79 Å². The predicted molar refractivity (Wildman–Crippen MR) is 69.4 cm³/mol. The third-order valence-electron chi connectivity index (χ3n) is 2.67. The number of ether oxygens (including phenoxy) is 2. The smallest absolute Gasteiger partial charge is 0.258 e. The van der Waals surface area contributed by atoms with E-state index in [1.54, 1.807) is 18.3 Å². The van der Waals surface area contributed by atoms with Crippen LogP contribution in [0.1, 0.15) is 12.8 Å². The fraction of sp³-hybridized carbons (Fsp3) is 0.500. The normalized spacial score (nSPS) is 16.3. The molecule has 1 aromatic heterocycles. The van der Waals surface area contributed by atoms with E-state index in [1.807, 2.05) is 0 Å². The fourth-order valence-electron chi connectivity index (χ4n) is 1.73. The Hall–Kier alpha value is -1.14. The maximum absolute atomic E-state index is 11.7. The van der Waals surface area contributed by atoms with Crippen LogP contribution in [0.25, 0.3) is 0 Å². The molecule has 2 rings (SSSR count). The number of rotatable bonds is 4. The second kappa shape index (κ2) is 6.70. The zero-order valence-corrected chi connectivity index (χ0v) is 11.5. The Morgan fingerprint density at radius 1 is 1.56 bits per heavy atom. The topological polar surface area (TPSA) is 60.5 Å². The van der Waals surface area contributed by atoms with Gasteiger partial charge in [0.25, 0.3) is 5.91 Å². The van der Waals surface area contributed by atoms with Crippen LogP contribution in [0, 0.1) is 0 Å². The van der Waals surface area contributed by atoms with Crippen molar-refractivity contribution in [3.63, 3.8) is 0 Å². The molecular weight excluding hydrogens is 300 g/mol. The lowest BCUT2D eigenvalue weighted by Gasteiger charge is -2.23. The van der Waals surface area contributed by atoms with Crippen molar-refractivity contribution in [1.82, 2.24) is 10.3 Å². The van der Waals surface area contributed by atoms with Crippen LogP contribution in [0.15, 0.2) is 22.9 Å². The van der Waals surface area contributed by atoms with Gasteiger partial charge in [-0.25, -0.2) is 4.98 Å². The second-order valence-corrected chi connectivity index (χ2v) is 4.79. The van der Waals surface area contributed by atoms with E-state index in [-0.39, 0.29) is 18.6 Å². The van der Waals surface area contributed by atoms with Crippen molar-refractivity contribution in [1.29, 1.82) is 0 Å². The van der Waals surface area contributed by atoms with Gasteiger partial charge in [0, 0.05) is 25.5 Å². The molecule has 0 saturated carbocycles. The lowest BCUT2D eigenvalue weighted by Crippen LogP contribution is -2.41. The lowest BCUT2D eigenvalue weighted by molar-refractivity contribution is -0.124. The second-order valence-electron chi connectivity index (χ2n) is 4.04. The maximum atomic E-state index is 11.7. The SMILES string of the molecule is O=C(COc1cccnc1Br)NC1CCOCC1. The molecule has 0 aliphatic carbocycles. The Morgan fingerprint density at radius 2 is 2.33 bits per heavy atom. The first-order valence-electron chi connectivity index (χ1n) is 5.86. The minimum Gasteiger partial charge on any atom is -0.481 e. The molecule has 1 N–H and O–H groups in total. The number of nitrogens with zero attached hydrogens (tertiary/aromatic N) is 1. The molecule has 1 amide bonds. The molecule has 0 radical (unpaired) electrons. The van der Waals surface area contributed by atoms with Crippen molar-refractivity contribution in [2.45, 2.75) is 18.9 Å². The van der Waals surface area contributed by atoms with Crippen molar-refractivity contribution < 1.29 is 14.3 Å². The van der Waals surface area contributed by atoms with Crippen LogP contribution in [0.5, 0.6) is 5.75 Å². The average molecular weight is 315 g/mol. The molecule has 2 heterocycles. The standard InChI is InChI=1S/C12H15BrN2O3/c13-12-10(2-1-5-14-12)18-8-11(16)15-9-3-6-17-7-4-9/h1-2,5,9H,3-4,6-8H2,(H,15,16). The number of hydrogen-bond acceptors (Lipinski definition) is 4. The molecule has 0 unspecified atom stereocenters. The summed E-state index contributed by atoms with van der Waals surface area (Å²) in [5.41, 5.74) is 0. The summed E-state index contributed by atoms with van der Waals surface area (Å²) in [7, 11) is 0. The summed E-state index contributed by atoms with van der Waals surface area (Å²) in [6.45, 7) is 1.42. The van der Waals surface area contributed by atoms with Gasteiger partial charge in [0.05, 0.1) is 0 Å². The zero-order valence-electron chi connectivity index (χ0n) is 9.89. The molecule has 1 aromatic rings. The predicted octanol–water partition coefficient (Wildman–Crippen LogP) is 1.52. The van der Waals surface area contributed by atoms with Crippen molar-refractivity contribution in [2.75, 3.05) is 19.8 Å². The van der Waals surface area contributed by atoms with Crippen LogP contribution in [-0.4, -0.2) is 36.8 Å². The summed E-state index contributed by atoms with van der Waals surface area (Å²) in [6.07, 6.45) is 3.38. The van der Waals surface area contributed by atoms with Gasteiger partial charge in [0.1, 0.15) is 4.60 Å². The van der Waals surface area contributed by atoms with Crippen LogP contribution < -0.4 is 10.1 Å². The average Bonchev–Trinajstić information content (AvgIpc) is 2.39. The highest BCUT2D eigenvalue weighted by Gasteiger charge is 2.16. The largest absolute Gasteiger partial charge is 0.481 e. The Kier molecular flexibility index (Phi) is 4.95. The lowest BCUT2D eigenvalue weighted by atomic mass is 10.1. The van der Waals surface area contributed by atoms with Gasteiger partial charge in [0.15, 0.2) is 12.4 Å². The first kappa shape index (κ1) is 13.3. The van der Waals surface area contributed by atoms with E-state index in [2.05, 4.69) is 26.2 Å². The summed E-state index contributed by atoms with van der Waals surface area (Å²) >= 11 is 3.26. The summed E-state index contributed by atoms with van der Waals surface area (Å²) in [5.74, 6) is 0.456. The highest BCUT2D eigenvalue weighted by Crippen LogP contribution is 2.20. The number of hydrogen-bond donors (Lipinski definition) is 1. The molecule has 1 aliphatic heterocycles. The summed E-state index contributed by atoms with van der Waals surface area (Å²) in [6, 6.07) is 3.72. The Morgan fingerprint density at radius 3 is 3.06 bits per heavy atom. The Balaban J connectivity index is 1.76. The molecule has 0 spiro atoms. The maximum Gasteiger partial charge on any atom is 0.258 e. The van der Waals surface area contributed by atoms with Gasteiger partial charge in [-0.15, -0.1) is 0 Å². The van der Waals surface area contributed by atoms with Gasteiger partial charge >= 0.3 is 0 Å². The van der Waals surface area contributed by atoms with E-state index in [1.165, 1.54) is 0 Å². The van der Waals surface area contributed by atoms with Crippen molar-refractivity contribution in [3.05, 3.63) is 22.9 Å². The van der Waals surface area contributed by atoms with E-state index in [4.69, 9.17) is 9.47 Å². The third kappa shape index (κ3) is 3.96. The van der Waals surface area contributed by atoms with Crippen LogP contribution in [0.2, 0.25) is 0 Å². The highest BCUT2D eigenvalue weighted by atomic mass is 79.9.